The van der Waals surface area contributed by atoms with Crippen molar-refractivity contribution in [3.05, 3.63) is 156 Å². The van der Waals surface area contributed by atoms with Gasteiger partial charge in [-0.2, -0.15) is 0 Å². The molecule has 38 heavy (non-hydrogen) atoms. The molecule has 0 radical (unpaired) electrons. The molecule has 0 aliphatic heterocycles. The molecular weight excluding hydrogens is 458 g/mol. The quantitative estimate of drug-likeness (QED) is 0.259. The van der Waals surface area contributed by atoms with Gasteiger partial charge < -0.3 is 4.90 Å². The van der Waals surface area contributed by atoms with Crippen molar-refractivity contribution in [2.45, 2.75) is 32.2 Å². The van der Waals surface area contributed by atoms with Crippen molar-refractivity contribution >= 4 is 11.4 Å². The fourth-order valence-electron chi connectivity index (χ4n) is 5.38. The highest BCUT2D eigenvalue weighted by Crippen LogP contribution is 2.35. The second-order valence-electron chi connectivity index (χ2n) is 10.2. The summed E-state index contributed by atoms with van der Waals surface area (Å²) in [6.07, 6.45) is 17.2. The van der Waals surface area contributed by atoms with Crippen LogP contribution >= 0.6 is 0 Å². The van der Waals surface area contributed by atoms with Crippen LogP contribution in [0.25, 0.3) is 22.3 Å². The lowest BCUT2D eigenvalue weighted by molar-refractivity contribution is 0.780. The van der Waals surface area contributed by atoms with Crippen LogP contribution in [0.2, 0.25) is 0 Å². The van der Waals surface area contributed by atoms with Crippen molar-refractivity contribution in [3.63, 3.8) is 0 Å². The van der Waals surface area contributed by atoms with Crippen LogP contribution < -0.4 is 4.90 Å². The van der Waals surface area contributed by atoms with E-state index in [9.17, 15) is 0 Å². The maximum atomic E-state index is 2.47. The molecule has 4 aromatic rings. The average molecular weight is 492 g/mol. The molecule has 6 rings (SSSR count). The first kappa shape index (κ1) is 24.0. The second kappa shape index (κ2) is 10.9. The van der Waals surface area contributed by atoms with Gasteiger partial charge in [0.15, 0.2) is 0 Å². The normalized spacial score (nSPS) is 16.6. The molecule has 0 saturated carbocycles. The molecule has 0 amide bonds. The minimum Gasteiger partial charge on any atom is -0.334 e. The van der Waals surface area contributed by atoms with Gasteiger partial charge in [-0.05, 0) is 83.9 Å². The number of benzene rings is 4. The zero-order valence-corrected chi connectivity index (χ0v) is 21.9. The summed E-state index contributed by atoms with van der Waals surface area (Å²) in [6, 6.07) is 37.6. The third-order valence-electron chi connectivity index (χ3n) is 7.52. The third-order valence-corrected chi connectivity index (χ3v) is 7.52. The minimum absolute atomic E-state index is 0.250. The van der Waals surface area contributed by atoms with Crippen LogP contribution in [0.15, 0.2) is 151 Å². The zero-order chi connectivity index (χ0) is 25.7. The molecule has 0 aromatic heterocycles. The molecular formula is C37H33N. The highest BCUT2D eigenvalue weighted by atomic mass is 15.2. The Morgan fingerprint density at radius 2 is 1.11 bits per heavy atom. The molecule has 1 atom stereocenters. The van der Waals surface area contributed by atoms with Gasteiger partial charge in [0.05, 0.1) is 6.04 Å². The largest absolute Gasteiger partial charge is 0.334 e. The minimum atomic E-state index is 0.250. The van der Waals surface area contributed by atoms with E-state index in [0.29, 0.717) is 0 Å². The van der Waals surface area contributed by atoms with Gasteiger partial charge in [-0.3, -0.25) is 0 Å². The Bertz CT molecular complexity index is 1500. The number of rotatable bonds is 6. The van der Waals surface area contributed by atoms with E-state index in [1.54, 1.807) is 0 Å². The van der Waals surface area contributed by atoms with Crippen LogP contribution in [0.1, 0.15) is 24.8 Å². The van der Waals surface area contributed by atoms with Crippen molar-refractivity contribution < 1.29 is 0 Å². The fraction of sp³-hybridized carbons (Fsp3) is 0.135. The van der Waals surface area contributed by atoms with E-state index in [4.69, 9.17) is 0 Å². The molecule has 0 fully saturated rings. The first-order valence-corrected chi connectivity index (χ1v) is 13.6. The van der Waals surface area contributed by atoms with Crippen LogP contribution in [0.5, 0.6) is 0 Å². The van der Waals surface area contributed by atoms with E-state index in [1.165, 1.54) is 50.3 Å². The molecule has 4 aromatic carbocycles. The summed E-state index contributed by atoms with van der Waals surface area (Å²) in [5.41, 5.74) is 11.4. The summed E-state index contributed by atoms with van der Waals surface area (Å²) in [7, 11) is 0. The van der Waals surface area contributed by atoms with Gasteiger partial charge in [0, 0.05) is 11.4 Å². The standard InChI is InChI=1S/C37H33N/c1-28-12-14-31(15-13-28)34-20-26-37(27-21-34)38(35-22-16-32(17-23-35)29-8-4-2-5-9-29)36-24-18-33(19-25-36)30-10-6-3-7-11-30/h2,4-6,8-24,26-27,36H,3,7,25H2,1H3. The van der Waals surface area contributed by atoms with Crippen LogP contribution in [0, 0.1) is 6.92 Å². The predicted molar refractivity (Wildman–Crippen MR) is 163 cm³/mol. The Balaban J connectivity index is 1.32. The van der Waals surface area contributed by atoms with Gasteiger partial charge in [0.25, 0.3) is 0 Å². The van der Waals surface area contributed by atoms with Crippen molar-refractivity contribution in [2.75, 3.05) is 4.90 Å². The van der Waals surface area contributed by atoms with Gasteiger partial charge in [-0.15, -0.1) is 0 Å². The fourth-order valence-corrected chi connectivity index (χ4v) is 5.38. The summed E-state index contributed by atoms with van der Waals surface area (Å²) < 4.78 is 0. The van der Waals surface area contributed by atoms with Crippen LogP contribution in [0.3, 0.4) is 0 Å². The van der Waals surface area contributed by atoms with Gasteiger partial charge in [-0.1, -0.05) is 121 Å². The zero-order valence-electron chi connectivity index (χ0n) is 21.9. The van der Waals surface area contributed by atoms with Crippen LogP contribution in [-0.4, -0.2) is 6.04 Å². The van der Waals surface area contributed by atoms with Crippen molar-refractivity contribution in [2.24, 2.45) is 0 Å². The van der Waals surface area contributed by atoms with E-state index in [-0.39, 0.29) is 6.04 Å². The van der Waals surface area contributed by atoms with E-state index < -0.39 is 0 Å². The molecule has 0 saturated heterocycles. The van der Waals surface area contributed by atoms with Gasteiger partial charge in [-0.25, -0.2) is 0 Å². The summed E-state index contributed by atoms with van der Waals surface area (Å²) in [5.74, 6) is 0. The summed E-state index contributed by atoms with van der Waals surface area (Å²) >= 11 is 0. The molecule has 1 unspecified atom stereocenters. The van der Waals surface area contributed by atoms with Crippen molar-refractivity contribution in [1.29, 1.82) is 0 Å². The van der Waals surface area contributed by atoms with E-state index in [1.807, 2.05) is 0 Å². The number of anilines is 2. The molecule has 2 aliphatic rings. The highest BCUT2D eigenvalue weighted by Gasteiger charge is 2.21. The Morgan fingerprint density at radius 3 is 1.63 bits per heavy atom. The maximum Gasteiger partial charge on any atom is 0.0560 e. The van der Waals surface area contributed by atoms with Crippen molar-refractivity contribution in [1.82, 2.24) is 0 Å². The monoisotopic (exact) mass is 491 g/mol. The van der Waals surface area contributed by atoms with Crippen molar-refractivity contribution in [3.8, 4) is 22.3 Å². The Morgan fingerprint density at radius 1 is 0.553 bits per heavy atom. The second-order valence-corrected chi connectivity index (χ2v) is 10.2. The predicted octanol–water partition coefficient (Wildman–Crippen LogP) is 10.00. The summed E-state index contributed by atoms with van der Waals surface area (Å²) in [4.78, 5) is 2.47. The first-order valence-electron chi connectivity index (χ1n) is 13.6. The topological polar surface area (TPSA) is 3.24 Å². The molecule has 186 valence electrons. The van der Waals surface area contributed by atoms with Gasteiger partial charge in [0.2, 0.25) is 0 Å². The SMILES string of the molecule is Cc1ccc(-c2ccc(N(c3ccc(-c4ccccc4)cc3)C3C=CC(C4=CCCC=C4)=CC3)cc2)cc1. The highest BCUT2D eigenvalue weighted by molar-refractivity contribution is 5.73. The van der Waals surface area contributed by atoms with Crippen LogP contribution in [-0.2, 0) is 0 Å². The van der Waals surface area contributed by atoms with E-state index >= 15 is 0 Å². The summed E-state index contributed by atoms with van der Waals surface area (Å²) in [6.45, 7) is 2.13. The van der Waals surface area contributed by atoms with E-state index in [0.717, 1.165) is 19.3 Å². The molecule has 1 heteroatoms. The number of hydrogen-bond donors (Lipinski definition) is 0. The molecule has 0 spiro atoms. The van der Waals surface area contributed by atoms with Gasteiger partial charge in [0.1, 0.15) is 0 Å². The molecule has 1 nitrogen and oxygen atoms in total. The third kappa shape index (κ3) is 5.19. The number of hydrogen-bond acceptors (Lipinski definition) is 1. The molecule has 2 aliphatic carbocycles. The average Bonchev–Trinajstić information content (AvgIpc) is 3.00. The molecule has 0 heterocycles. The molecule has 0 N–H and O–H groups in total. The lowest BCUT2D eigenvalue weighted by Gasteiger charge is -2.33. The Labute approximate surface area is 226 Å². The Hall–Kier alpha value is -4.36. The lowest BCUT2D eigenvalue weighted by atomic mass is 9.92. The number of allylic oxidation sites excluding steroid dienone is 6. The lowest BCUT2D eigenvalue weighted by Crippen LogP contribution is -2.30. The molecule has 0 bridgehead atoms. The number of nitrogens with zero attached hydrogens (tertiary/aromatic N) is 1. The number of aryl methyl sites for hydroxylation is 1. The van der Waals surface area contributed by atoms with E-state index in [2.05, 4.69) is 151 Å². The smallest absolute Gasteiger partial charge is 0.0560 e. The van der Waals surface area contributed by atoms with Crippen LogP contribution in [0.4, 0.5) is 11.4 Å². The summed E-state index contributed by atoms with van der Waals surface area (Å²) in [5, 5.41) is 0. The Kier molecular flexibility index (Phi) is 6.91. The maximum absolute atomic E-state index is 2.47. The van der Waals surface area contributed by atoms with Gasteiger partial charge >= 0.3 is 0 Å². The first-order chi connectivity index (χ1) is 18.7.